The lowest BCUT2D eigenvalue weighted by Gasteiger charge is -2.36. The first-order valence-electron chi connectivity index (χ1n) is 8.56. The molecule has 2 aliphatic heterocycles. The minimum Gasteiger partial charge on any atom is -0.335 e. The van der Waals surface area contributed by atoms with Gasteiger partial charge in [0, 0.05) is 51.2 Å². The van der Waals surface area contributed by atoms with Crippen LogP contribution >= 0.6 is 0 Å². The van der Waals surface area contributed by atoms with E-state index < -0.39 is 0 Å². The molecule has 2 fully saturated rings. The number of aromatic nitrogens is 1. The van der Waals surface area contributed by atoms with Crippen molar-refractivity contribution in [3.63, 3.8) is 0 Å². The lowest BCUT2D eigenvalue weighted by atomic mass is 10.1. The number of carbonyl (C=O) groups excluding carboxylic acids is 1. The first kappa shape index (κ1) is 16.2. The van der Waals surface area contributed by atoms with Gasteiger partial charge in [-0.2, -0.15) is 0 Å². The van der Waals surface area contributed by atoms with Crippen molar-refractivity contribution in [1.29, 1.82) is 0 Å². The van der Waals surface area contributed by atoms with Crippen LogP contribution in [-0.2, 0) is 6.54 Å². The highest BCUT2D eigenvalue weighted by atomic mass is 16.2. The number of piperazine rings is 1. The van der Waals surface area contributed by atoms with Gasteiger partial charge >= 0.3 is 6.03 Å². The van der Waals surface area contributed by atoms with Gasteiger partial charge in [0.1, 0.15) is 0 Å². The van der Waals surface area contributed by atoms with Crippen molar-refractivity contribution in [3.05, 3.63) is 30.1 Å². The Labute approximate surface area is 138 Å². The second-order valence-electron chi connectivity index (χ2n) is 6.65. The maximum absolute atomic E-state index is 12.4. The molecule has 0 bridgehead atoms. The number of amides is 2. The molecule has 2 amide bonds. The predicted octanol–water partition coefficient (Wildman–Crippen LogP) is 1.00. The van der Waals surface area contributed by atoms with Gasteiger partial charge in [0.05, 0.1) is 0 Å². The summed E-state index contributed by atoms with van der Waals surface area (Å²) < 4.78 is 0. The van der Waals surface area contributed by atoms with E-state index in [9.17, 15) is 4.79 Å². The molecule has 1 N–H and O–H groups in total. The number of likely N-dealkylation sites (tertiary alicyclic amines) is 1. The van der Waals surface area contributed by atoms with Crippen LogP contribution in [0.1, 0.15) is 18.4 Å². The Morgan fingerprint density at radius 2 is 1.78 bits per heavy atom. The highest BCUT2D eigenvalue weighted by molar-refractivity contribution is 5.74. The Bertz CT molecular complexity index is 493. The maximum Gasteiger partial charge on any atom is 0.317 e. The molecule has 6 heteroatoms. The minimum atomic E-state index is 0.114. The van der Waals surface area contributed by atoms with Crippen molar-refractivity contribution < 1.29 is 4.79 Å². The number of nitrogens with zero attached hydrogens (tertiary/aromatic N) is 4. The molecule has 3 heterocycles. The second kappa shape index (κ2) is 7.75. The summed E-state index contributed by atoms with van der Waals surface area (Å²) in [7, 11) is 2.14. The third-order valence-corrected chi connectivity index (χ3v) is 4.86. The Morgan fingerprint density at radius 1 is 1.13 bits per heavy atom. The molecule has 0 spiro atoms. The van der Waals surface area contributed by atoms with E-state index in [0.717, 1.165) is 58.7 Å². The van der Waals surface area contributed by atoms with E-state index in [1.807, 2.05) is 17.3 Å². The van der Waals surface area contributed by atoms with Gasteiger partial charge in [0.25, 0.3) is 0 Å². The van der Waals surface area contributed by atoms with Crippen molar-refractivity contribution in [1.82, 2.24) is 25.0 Å². The number of piperidine rings is 1. The molecule has 6 nitrogen and oxygen atoms in total. The molecule has 1 aromatic heterocycles. The highest BCUT2D eigenvalue weighted by Gasteiger charge is 2.24. The highest BCUT2D eigenvalue weighted by Crippen LogP contribution is 2.11. The van der Waals surface area contributed by atoms with E-state index in [1.54, 1.807) is 0 Å². The fraction of sp³-hybridized carbons (Fsp3) is 0.647. The van der Waals surface area contributed by atoms with Gasteiger partial charge in [0.15, 0.2) is 0 Å². The maximum atomic E-state index is 12.4. The summed E-state index contributed by atoms with van der Waals surface area (Å²) in [5, 5.41) is 3.21. The fourth-order valence-electron chi connectivity index (χ4n) is 3.27. The van der Waals surface area contributed by atoms with Crippen LogP contribution in [0.3, 0.4) is 0 Å². The first-order valence-corrected chi connectivity index (χ1v) is 8.56. The van der Waals surface area contributed by atoms with Crippen LogP contribution < -0.4 is 5.32 Å². The summed E-state index contributed by atoms with van der Waals surface area (Å²) in [5.41, 5.74) is 1.28. The average Bonchev–Trinajstić information content (AvgIpc) is 2.58. The second-order valence-corrected chi connectivity index (χ2v) is 6.65. The number of nitrogens with one attached hydrogen (secondary N) is 1. The van der Waals surface area contributed by atoms with Gasteiger partial charge in [-0.25, -0.2) is 4.79 Å². The molecule has 1 aromatic rings. The Kier molecular flexibility index (Phi) is 5.46. The Hall–Kier alpha value is -1.66. The normalized spacial score (nSPS) is 21.3. The standard InChI is InChI=1S/C17H27N5O/c1-20-8-4-16(5-9-20)19-17(23)22-12-10-21(11-13-22)14-15-2-6-18-7-3-15/h2-3,6-7,16H,4-5,8-14H2,1H3,(H,19,23). The van der Waals surface area contributed by atoms with Crippen LogP contribution in [-0.4, -0.2) is 78.1 Å². The number of hydrogen-bond acceptors (Lipinski definition) is 4. The van der Waals surface area contributed by atoms with Crippen molar-refractivity contribution >= 4 is 6.03 Å². The van der Waals surface area contributed by atoms with E-state index >= 15 is 0 Å². The number of pyridine rings is 1. The molecule has 3 rings (SSSR count). The van der Waals surface area contributed by atoms with Crippen molar-refractivity contribution in [3.8, 4) is 0 Å². The molecular formula is C17H27N5O. The number of urea groups is 1. The molecule has 0 atom stereocenters. The Morgan fingerprint density at radius 3 is 2.43 bits per heavy atom. The van der Waals surface area contributed by atoms with Crippen LogP contribution in [0.5, 0.6) is 0 Å². The summed E-state index contributed by atoms with van der Waals surface area (Å²) in [6.45, 7) is 6.57. The third-order valence-electron chi connectivity index (χ3n) is 4.86. The quantitative estimate of drug-likeness (QED) is 0.904. The zero-order valence-electron chi connectivity index (χ0n) is 13.9. The van der Waals surface area contributed by atoms with Crippen LogP contribution in [0.25, 0.3) is 0 Å². The van der Waals surface area contributed by atoms with Crippen LogP contribution in [0.4, 0.5) is 4.79 Å². The molecule has 2 aliphatic rings. The third kappa shape index (κ3) is 4.65. The van der Waals surface area contributed by atoms with Crippen LogP contribution in [0, 0.1) is 0 Å². The molecule has 0 aromatic carbocycles. The van der Waals surface area contributed by atoms with Crippen molar-refractivity contribution in [2.24, 2.45) is 0 Å². The monoisotopic (exact) mass is 317 g/mol. The number of hydrogen-bond donors (Lipinski definition) is 1. The van der Waals surface area contributed by atoms with Crippen molar-refractivity contribution in [2.45, 2.75) is 25.4 Å². The Balaban J connectivity index is 1.40. The number of carbonyl (C=O) groups is 1. The first-order chi connectivity index (χ1) is 11.2. The van der Waals surface area contributed by atoms with Crippen molar-refractivity contribution in [2.75, 3.05) is 46.3 Å². The van der Waals surface area contributed by atoms with E-state index in [0.29, 0.717) is 6.04 Å². The van der Waals surface area contributed by atoms with E-state index in [2.05, 4.69) is 39.3 Å². The summed E-state index contributed by atoms with van der Waals surface area (Å²) >= 11 is 0. The molecule has 0 aliphatic carbocycles. The lowest BCUT2D eigenvalue weighted by Crippen LogP contribution is -2.54. The van der Waals surface area contributed by atoms with Gasteiger partial charge in [-0.15, -0.1) is 0 Å². The van der Waals surface area contributed by atoms with Gasteiger partial charge in [0.2, 0.25) is 0 Å². The van der Waals surface area contributed by atoms with E-state index in [-0.39, 0.29) is 6.03 Å². The van der Waals surface area contributed by atoms with Gasteiger partial charge < -0.3 is 15.1 Å². The molecule has 23 heavy (non-hydrogen) atoms. The zero-order valence-corrected chi connectivity index (χ0v) is 13.9. The van der Waals surface area contributed by atoms with Gasteiger partial charge in [-0.1, -0.05) is 0 Å². The summed E-state index contributed by atoms with van der Waals surface area (Å²) in [5.74, 6) is 0. The van der Waals surface area contributed by atoms with Gasteiger partial charge in [-0.05, 0) is 50.7 Å². The SMILES string of the molecule is CN1CCC(NC(=O)N2CCN(Cc3ccncc3)CC2)CC1. The van der Waals surface area contributed by atoms with Gasteiger partial charge in [-0.3, -0.25) is 9.88 Å². The molecular weight excluding hydrogens is 290 g/mol. The molecule has 0 unspecified atom stereocenters. The van der Waals surface area contributed by atoms with Crippen LogP contribution in [0.15, 0.2) is 24.5 Å². The lowest BCUT2D eigenvalue weighted by molar-refractivity contribution is 0.129. The smallest absolute Gasteiger partial charge is 0.317 e. The zero-order chi connectivity index (χ0) is 16.1. The molecule has 126 valence electrons. The fourth-order valence-corrected chi connectivity index (χ4v) is 3.27. The molecule has 0 saturated carbocycles. The topological polar surface area (TPSA) is 51.7 Å². The summed E-state index contributed by atoms with van der Waals surface area (Å²) in [6, 6.07) is 4.56. The predicted molar refractivity (Wildman–Crippen MR) is 90.1 cm³/mol. The summed E-state index contributed by atoms with van der Waals surface area (Å²) in [4.78, 5) is 23.1. The molecule has 2 saturated heterocycles. The van der Waals surface area contributed by atoms with E-state index in [1.165, 1.54) is 5.56 Å². The summed E-state index contributed by atoms with van der Waals surface area (Å²) in [6.07, 6.45) is 5.79. The molecule has 0 radical (unpaired) electrons. The average molecular weight is 317 g/mol. The van der Waals surface area contributed by atoms with E-state index in [4.69, 9.17) is 0 Å². The number of rotatable bonds is 3. The minimum absolute atomic E-state index is 0.114. The van der Waals surface area contributed by atoms with Crippen LogP contribution in [0.2, 0.25) is 0 Å². The largest absolute Gasteiger partial charge is 0.335 e.